The van der Waals surface area contributed by atoms with Crippen LogP contribution in [0.3, 0.4) is 0 Å². The maximum Gasteiger partial charge on any atom is 0.335 e. The van der Waals surface area contributed by atoms with Crippen LogP contribution in [0, 0.1) is 5.92 Å². The molecule has 0 aliphatic heterocycles. The zero-order chi connectivity index (χ0) is 17.1. The molecule has 0 saturated heterocycles. The van der Waals surface area contributed by atoms with Gasteiger partial charge in [0.15, 0.2) is 5.78 Å². The van der Waals surface area contributed by atoms with Crippen molar-refractivity contribution in [1.82, 2.24) is 0 Å². The van der Waals surface area contributed by atoms with Gasteiger partial charge in [-0.05, 0) is 12.3 Å². The fourth-order valence-electron chi connectivity index (χ4n) is 3.23. The molecule has 2 rings (SSSR count). The Morgan fingerprint density at radius 1 is 1.09 bits per heavy atom. The van der Waals surface area contributed by atoms with Crippen LogP contribution in [0.25, 0.3) is 0 Å². The van der Waals surface area contributed by atoms with Gasteiger partial charge in [0.1, 0.15) is 0 Å². The van der Waals surface area contributed by atoms with Crippen LogP contribution in [0.1, 0.15) is 48.9 Å². The second kappa shape index (κ2) is 6.80. The van der Waals surface area contributed by atoms with E-state index in [4.69, 9.17) is 0 Å². The molecule has 0 aromatic heterocycles. The van der Waals surface area contributed by atoms with Crippen molar-refractivity contribution in [3.8, 4) is 0 Å². The van der Waals surface area contributed by atoms with Gasteiger partial charge < -0.3 is 5.11 Å². The molecule has 6 nitrogen and oxygen atoms in total. The summed E-state index contributed by atoms with van der Waals surface area (Å²) in [5, 5.41) is 9.56. The van der Waals surface area contributed by atoms with Crippen molar-refractivity contribution < 1.29 is 27.7 Å². The number of Topliss-reactive ketones (excluding diaryl/α,β-unsaturated/α-hetero) is 1. The fraction of sp³-hybridized carbons (Fsp3) is 0.500. The number of aliphatic carboxylic acids is 1. The highest BCUT2D eigenvalue weighted by atomic mass is 32.2. The average Bonchev–Trinajstić information content (AvgIpc) is 2.52. The normalized spacial score (nSPS) is 19.0. The molecule has 0 heterocycles. The van der Waals surface area contributed by atoms with E-state index in [0.29, 0.717) is 12.8 Å². The summed E-state index contributed by atoms with van der Waals surface area (Å²) in [7, 11) is -5.12. The van der Waals surface area contributed by atoms with Gasteiger partial charge in [0, 0.05) is 5.56 Å². The number of ketones is 1. The Morgan fingerprint density at radius 3 is 2.13 bits per heavy atom. The lowest BCUT2D eigenvalue weighted by Crippen LogP contribution is -2.54. The highest BCUT2D eigenvalue weighted by Gasteiger charge is 2.58. The first-order valence-electron chi connectivity index (χ1n) is 7.59. The number of carbonyl (C=O) groups is 2. The Kier molecular flexibility index (Phi) is 5.21. The molecule has 0 spiro atoms. The summed E-state index contributed by atoms with van der Waals surface area (Å²) in [6, 6.07) is 7.38. The van der Waals surface area contributed by atoms with E-state index in [-0.39, 0.29) is 11.5 Å². The molecule has 1 fully saturated rings. The number of carboxylic acid groups (broad SMARTS) is 1. The Hall–Kier alpha value is -1.73. The van der Waals surface area contributed by atoms with Crippen LogP contribution >= 0.6 is 0 Å². The van der Waals surface area contributed by atoms with Crippen LogP contribution in [-0.4, -0.2) is 34.6 Å². The Labute approximate surface area is 135 Å². The molecule has 1 aliphatic carbocycles. The van der Waals surface area contributed by atoms with E-state index in [1.54, 1.807) is 6.07 Å². The van der Waals surface area contributed by atoms with E-state index in [1.165, 1.54) is 24.3 Å². The summed E-state index contributed by atoms with van der Waals surface area (Å²) in [6.07, 6.45) is 3.67. The average molecular weight is 340 g/mol. The molecule has 1 saturated carbocycles. The van der Waals surface area contributed by atoms with Gasteiger partial charge in [-0.2, -0.15) is 8.42 Å². The van der Waals surface area contributed by atoms with E-state index in [2.05, 4.69) is 0 Å². The Bertz CT molecular complexity index is 676. The lowest BCUT2D eigenvalue weighted by atomic mass is 9.80. The van der Waals surface area contributed by atoms with Gasteiger partial charge in [-0.3, -0.25) is 9.35 Å². The minimum atomic E-state index is -5.12. The van der Waals surface area contributed by atoms with Gasteiger partial charge in [0.25, 0.3) is 14.9 Å². The molecule has 0 amide bonds. The second-order valence-electron chi connectivity index (χ2n) is 6.01. The first-order valence-corrected chi connectivity index (χ1v) is 9.03. The quantitative estimate of drug-likeness (QED) is 0.468. The minimum Gasteiger partial charge on any atom is -0.480 e. The van der Waals surface area contributed by atoms with Crippen LogP contribution in [0.5, 0.6) is 0 Å². The maximum atomic E-state index is 12.7. The summed E-state index contributed by atoms with van der Waals surface area (Å²) in [5.74, 6) is -3.12. The number of carbonyl (C=O) groups excluding carboxylic acids is 1. The molecule has 1 aliphatic rings. The largest absolute Gasteiger partial charge is 0.480 e. The molecular formula is C16H20O6S. The number of carboxylic acids is 1. The smallest absolute Gasteiger partial charge is 0.335 e. The summed E-state index contributed by atoms with van der Waals surface area (Å²) in [6.45, 7) is 0. The standard InChI is InChI=1S/C16H20O6S/c17-14(13-9-5-2-6-10-13)16(15(18)19,23(20,21)22)11-12-7-3-1-4-8-12/h2,5-6,9-10,12H,1,3-4,7-8,11H2,(H,18,19)(H,20,21,22). The van der Waals surface area contributed by atoms with Crippen molar-refractivity contribution in [3.63, 3.8) is 0 Å². The molecule has 2 N–H and O–H groups in total. The zero-order valence-corrected chi connectivity index (χ0v) is 13.5. The number of benzene rings is 1. The molecule has 1 aromatic rings. The van der Waals surface area contributed by atoms with Crippen LogP contribution in [-0.2, 0) is 14.9 Å². The third-order valence-corrected chi connectivity index (χ3v) is 5.90. The third kappa shape index (κ3) is 3.45. The summed E-state index contributed by atoms with van der Waals surface area (Å²) < 4.78 is 30.7. The predicted molar refractivity (Wildman–Crippen MR) is 83.9 cm³/mol. The number of hydrogen-bond donors (Lipinski definition) is 2. The molecule has 1 aromatic carbocycles. The topological polar surface area (TPSA) is 109 Å². The van der Waals surface area contributed by atoms with Gasteiger partial charge in [0.05, 0.1) is 0 Å². The molecule has 126 valence electrons. The summed E-state index contributed by atoms with van der Waals surface area (Å²) >= 11 is 0. The van der Waals surface area contributed by atoms with E-state index in [1.807, 2.05) is 0 Å². The van der Waals surface area contributed by atoms with Gasteiger partial charge in [-0.15, -0.1) is 0 Å². The van der Waals surface area contributed by atoms with Crippen LogP contribution in [0.4, 0.5) is 0 Å². The first kappa shape index (κ1) is 17.6. The number of hydrogen-bond acceptors (Lipinski definition) is 4. The van der Waals surface area contributed by atoms with E-state index in [9.17, 15) is 27.7 Å². The van der Waals surface area contributed by atoms with Crippen molar-refractivity contribution in [2.45, 2.75) is 43.3 Å². The highest BCUT2D eigenvalue weighted by Crippen LogP contribution is 2.36. The van der Waals surface area contributed by atoms with Crippen molar-refractivity contribution in [1.29, 1.82) is 0 Å². The SMILES string of the molecule is O=C(O)C(CC1CCCCC1)(C(=O)c1ccccc1)S(=O)(=O)O. The first-order chi connectivity index (χ1) is 10.8. The van der Waals surface area contributed by atoms with Crippen LogP contribution < -0.4 is 0 Å². The Balaban J connectivity index is 2.49. The molecule has 7 heteroatoms. The molecule has 1 unspecified atom stereocenters. The summed E-state index contributed by atoms with van der Waals surface area (Å²) in [5.41, 5.74) is -0.0386. The van der Waals surface area contributed by atoms with Crippen LogP contribution in [0.2, 0.25) is 0 Å². The summed E-state index contributed by atoms with van der Waals surface area (Å²) in [4.78, 5) is 24.5. The molecule has 0 bridgehead atoms. The zero-order valence-electron chi connectivity index (χ0n) is 12.6. The molecular weight excluding hydrogens is 320 g/mol. The van der Waals surface area contributed by atoms with Gasteiger partial charge in [0.2, 0.25) is 0 Å². The molecule has 0 radical (unpaired) electrons. The maximum absolute atomic E-state index is 12.7. The predicted octanol–water partition coefficient (Wildman–Crippen LogP) is 2.55. The van der Waals surface area contributed by atoms with E-state index < -0.39 is 33.0 Å². The van der Waals surface area contributed by atoms with Crippen LogP contribution in [0.15, 0.2) is 30.3 Å². The highest BCUT2D eigenvalue weighted by molar-refractivity contribution is 7.89. The molecule has 23 heavy (non-hydrogen) atoms. The molecule has 1 atom stereocenters. The second-order valence-corrected chi connectivity index (χ2v) is 7.66. The monoisotopic (exact) mass is 340 g/mol. The van der Waals surface area contributed by atoms with Gasteiger partial charge in [-0.25, -0.2) is 4.79 Å². The Morgan fingerprint density at radius 2 is 1.65 bits per heavy atom. The van der Waals surface area contributed by atoms with Gasteiger partial charge in [-0.1, -0.05) is 62.4 Å². The van der Waals surface area contributed by atoms with E-state index in [0.717, 1.165) is 19.3 Å². The third-order valence-electron chi connectivity index (χ3n) is 4.49. The minimum absolute atomic E-state index is 0.0386. The van der Waals surface area contributed by atoms with E-state index >= 15 is 0 Å². The van der Waals surface area contributed by atoms with Gasteiger partial charge >= 0.3 is 5.97 Å². The lowest BCUT2D eigenvalue weighted by molar-refractivity contribution is -0.139. The van der Waals surface area contributed by atoms with Crippen molar-refractivity contribution in [2.24, 2.45) is 5.92 Å². The number of rotatable bonds is 6. The fourth-order valence-corrected chi connectivity index (χ4v) is 4.25. The van der Waals surface area contributed by atoms with Crippen molar-refractivity contribution >= 4 is 21.9 Å². The van der Waals surface area contributed by atoms with Crippen molar-refractivity contribution in [2.75, 3.05) is 0 Å². The lowest BCUT2D eigenvalue weighted by Gasteiger charge is -2.31. The van der Waals surface area contributed by atoms with Crippen molar-refractivity contribution in [3.05, 3.63) is 35.9 Å².